The van der Waals surface area contributed by atoms with Crippen molar-refractivity contribution in [3.63, 3.8) is 0 Å². The van der Waals surface area contributed by atoms with Crippen LogP contribution in [0.25, 0.3) is 0 Å². The van der Waals surface area contributed by atoms with Gasteiger partial charge in [-0.2, -0.15) is 5.53 Å². The van der Waals surface area contributed by atoms with Crippen molar-refractivity contribution < 1.29 is 14.4 Å². The molecule has 104 valence electrons. The quantitative estimate of drug-likeness (QED) is 0.351. The number of nitrogens with one attached hydrogen (secondary N) is 2. The zero-order valence-electron chi connectivity index (χ0n) is 10.6. The molecule has 0 saturated heterocycles. The molecule has 0 aromatic rings. The summed E-state index contributed by atoms with van der Waals surface area (Å²) in [4.78, 5) is 35.7. The second-order valence-electron chi connectivity index (χ2n) is 4.97. The number of carbonyl (C=O) groups is 3. The van der Waals surface area contributed by atoms with Crippen molar-refractivity contribution in [1.29, 1.82) is 0 Å². The first kappa shape index (κ1) is 13.7. The Labute approximate surface area is 111 Å². The van der Waals surface area contributed by atoms with E-state index in [1.54, 1.807) is 0 Å². The molecule has 1 aliphatic carbocycles. The highest BCUT2D eigenvalue weighted by Gasteiger charge is 2.31. The molecule has 0 aromatic heterocycles. The van der Waals surface area contributed by atoms with Crippen molar-refractivity contribution in [1.82, 2.24) is 15.9 Å². The molecule has 2 aliphatic rings. The maximum atomic E-state index is 11.6. The molecule has 1 saturated carbocycles. The van der Waals surface area contributed by atoms with Gasteiger partial charge in [-0.15, -0.1) is 0 Å². The van der Waals surface area contributed by atoms with Gasteiger partial charge in [0.25, 0.3) is 11.8 Å². The number of imide groups is 1. The van der Waals surface area contributed by atoms with Gasteiger partial charge in [0, 0.05) is 24.6 Å². The first-order chi connectivity index (χ1) is 9.11. The van der Waals surface area contributed by atoms with Crippen LogP contribution in [0.4, 0.5) is 0 Å². The molecule has 19 heavy (non-hydrogen) atoms. The van der Waals surface area contributed by atoms with E-state index in [0.29, 0.717) is 6.54 Å². The van der Waals surface area contributed by atoms with E-state index in [4.69, 9.17) is 5.84 Å². The van der Waals surface area contributed by atoms with Crippen LogP contribution in [0.1, 0.15) is 25.7 Å². The topological polar surface area (TPSA) is 105 Å². The van der Waals surface area contributed by atoms with E-state index in [2.05, 4.69) is 11.0 Å². The standard InChI is InChI=1S/C12H18N4O3/c13-15-14-12(19)9-3-1-8(2-4-9)7-16-10(17)5-6-11(16)18/h5-6,8-9,15H,1-4,7,13H2,(H,14,19). The fraction of sp³-hybridized carbons (Fsp3) is 0.583. The Hall–Kier alpha value is -1.73. The Bertz CT molecular complexity index is 395. The van der Waals surface area contributed by atoms with Crippen molar-refractivity contribution in [2.45, 2.75) is 25.7 Å². The van der Waals surface area contributed by atoms with Crippen molar-refractivity contribution in [3.8, 4) is 0 Å². The van der Waals surface area contributed by atoms with Gasteiger partial charge in [-0.05, 0) is 31.6 Å². The first-order valence-electron chi connectivity index (χ1n) is 6.41. The summed E-state index contributed by atoms with van der Waals surface area (Å²) in [5, 5.41) is 0. The first-order valence-corrected chi connectivity index (χ1v) is 6.41. The van der Waals surface area contributed by atoms with Crippen LogP contribution in [-0.2, 0) is 14.4 Å². The molecule has 0 unspecified atom stereocenters. The van der Waals surface area contributed by atoms with Crippen LogP contribution in [0, 0.1) is 11.8 Å². The second-order valence-corrected chi connectivity index (χ2v) is 4.97. The molecule has 7 nitrogen and oxygen atoms in total. The van der Waals surface area contributed by atoms with Gasteiger partial charge >= 0.3 is 0 Å². The third-order valence-electron chi connectivity index (χ3n) is 3.75. The molecule has 4 N–H and O–H groups in total. The van der Waals surface area contributed by atoms with E-state index in [1.807, 2.05) is 0 Å². The van der Waals surface area contributed by atoms with E-state index in [9.17, 15) is 14.4 Å². The number of hydrazine groups is 2. The molecule has 2 rings (SSSR count). The highest BCUT2D eigenvalue weighted by atomic mass is 16.2. The van der Waals surface area contributed by atoms with Gasteiger partial charge in [-0.3, -0.25) is 30.6 Å². The van der Waals surface area contributed by atoms with Crippen molar-refractivity contribution in [2.24, 2.45) is 17.7 Å². The van der Waals surface area contributed by atoms with E-state index in [0.717, 1.165) is 25.7 Å². The predicted molar refractivity (Wildman–Crippen MR) is 66.8 cm³/mol. The van der Waals surface area contributed by atoms with Gasteiger partial charge in [0.15, 0.2) is 0 Å². The van der Waals surface area contributed by atoms with Gasteiger partial charge < -0.3 is 0 Å². The lowest BCUT2D eigenvalue weighted by Crippen LogP contribution is -2.46. The summed E-state index contributed by atoms with van der Waals surface area (Å²) in [6.07, 6.45) is 5.77. The summed E-state index contributed by atoms with van der Waals surface area (Å²) in [5.74, 6) is 4.69. The SMILES string of the molecule is NNNC(=O)C1CCC(CN2C(=O)C=CC2=O)CC1. The molecule has 0 bridgehead atoms. The molecular formula is C12H18N4O3. The van der Waals surface area contributed by atoms with Gasteiger partial charge in [-0.25, -0.2) is 0 Å². The minimum atomic E-state index is -0.239. The summed E-state index contributed by atoms with van der Waals surface area (Å²) < 4.78 is 0. The average molecular weight is 266 g/mol. The Balaban J connectivity index is 1.79. The van der Waals surface area contributed by atoms with Crippen molar-refractivity contribution in [2.75, 3.05) is 6.54 Å². The number of hydrogen-bond acceptors (Lipinski definition) is 5. The van der Waals surface area contributed by atoms with Crippen LogP contribution in [0.2, 0.25) is 0 Å². The number of carbonyl (C=O) groups excluding carboxylic acids is 3. The molecule has 1 aliphatic heterocycles. The largest absolute Gasteiger partial charge is 0.278 e. The number of hydrogen-bond donors (Lipinski definition) is 3. The summed E-state index contributed by atoms with van der Waals surface area (Å²) in [6, 6.07) is 0. The maximum Gasteiger partial charge on any atom is 0.253 e. The lowest BCUT2D eigenvalue weighted by Gasteiger charge is -2.29. The summed E-state index contributed by atoms with van der Waals surface area (Å²) in [6.45, 7) is 0.453. The third kappa shape index (κ3) is 3.18. The molecule has 0 atom stereocenters. The van der Waals surface area contributed by atoms with E-state index in [1.165, 1.54) is 17.1 Å². The Kier molecular flexibility index (Phi) is 4.28. The Morgan fingerprint density at radius 2 is 1.79 bits per heavy atom. The van der Waals surface area contributed by atoms with Crippen LogP contribution in [0.15, 0.2) is 12.2 Å². The Morgan fingerprint density at radius 1 is 1.21 bits per heavy atom. The number of nitrogens with two attached hydrogens (primary N) is 1. The maximum absolute atomic E-state index is 11.6. The van der Waals surface area contributed by atoms with Gasteiger partial charge in [0.2, 0.25) is 5.91 Å². The summed E-state index contributed by atoms with van der Waals surface area (Å²) in [7, 11) is 0. The molecule has 0 radical (unpaired) electrons. The lowest BCUT2D eigenvalue weighted by atomic mass is 9.81. The zero-order chi connectivity index (χ0) is 13.8. The molecule has 0 aromatic carbocycles. The second kappa shape index (κ2) is 5.94. The number of rotatable bonds is 4. The van der Waals surface area contributed by atoms with Crippen LogP contribution >= 0.6 is 0 Å². The normalized spacial score (nSPS) is 26.9. The van der Waals surface area contributed by atoms with Crippen LogP contribution in [0.3, 0.4) is 0 Å². The number of amides is 3. The predicted octanol–water partition coefficient (Wildman–Crippen LogP) is -0.788. The van der Waals surface area contributed by atoms with Crippen molar-refractivity contribution in [3.05, 3.63) is 12.2 Å². The van der Waals surface area contributed by atoms with Crippen LogP contribution in [-0.4, -0.2) is 29.2 Å². The lowest BCUT2D eigenvalue weighted by molar-refractivity contribution is -0.138. The third-order valence-corrected chi connectivity index (χ3v) is 3.75. The minimum Gasteiger partial charge on any atom is -0.278 e. The minimum absolute atomic E-state index is 0.0459. The monoisotopic (exact) mass is 266 g/mol. The molecule has 7 heteroatoms. The highest BCUT2D eigenvalue weighted by molar-refractivity contribution is 6.12. The van der Waals surface area contributed by atoms with Crippen LogP contribution in [0.5, 0.6) is 0 Å². The molecule has 3 amide bonds. The molecule has 0 spiro atoms. The fourth-order valence-corrected chi connectivity index (χ4v) is 2.65. The summed E-state index contributed by atoms with van der Waals surface area (Å²) in [5.41, 5.74) is 4.52. The molecule has 1 fully saturated rings. The number of nitrogens with zero attached hydrogens (tertiary/aromatic N) is 1. The smallest absolute Gasteiger partial charge is 0.253 e. The fourth-order valence-electron chi connectivity index (χ4n) is 2.65. The zero-order valence-corrected chi connectivity index (χ0v) is 10.6. The summed E-state index contributed by atoms with van der Waals surface area (Å²) >= 11 is 0. The van der Waals surface area contributed by atoms with Crippen molar-refractivity contribution >= 4 is 17.7 Å². The van der Waals surface area contributed by atoms with E-state index >= 15 is 0 Å². The van der Waals surface area contributed by atoms with E-state index in [-0.39, 0.29) is 29.6 Å². The highest BCUT2D eigenvalue weighted by Crippen LogP contribution is 2.29. The van der Waals surface area contributed by atoms with Gasteiger partial charge in [0.1, 0.15) is 0 Å². The van der Waals surface area contributed by atoms with Crippen LogP contribution < -0.4 is 16.8 Å². The van der Waals surface area contributed by atoms with Gasteiger partial charge in [-0.1, -0.05) is 0 Å². The molecular weight excluding hydrogens is 248 g/mol. The Morgan fingerprint density at radius 3 is 2.32 bits per heavy atom. The van der Waals surface area contributed by atoms with E-state index < -0.39 is 0 Å². The average Bonchev–Trinajstić information content (AvgIpc) is 2.72. The van der Waals surface area contributed by atoms with Gasteiger partial charge in [0.05, 0.1) is 0 Å². The molecule has 1 heterocycles.